The Morgan fingerprint density at radius 2 is 2.15 bits per heavy atom. The normalized spacial score (nSPS) is 10.9. The fourth-order valence-electron chi connectivity index (χ4n) is 1.58. The van der Waals surface area contributed by atoms with Crippen LogP contribution in [0.2, 0.25) is 5.15 Å². The first kappa shape index (κ1) is 14.0. The summed E-state index contributed by atoms with van der Waals surface area (Å²) in [5.74, 6) is -2.11. The summed E-state index contributed by atoms with van der Waals surface area (Å²) in [6, 6.07) is 7.56. The van der Waals surface area contributed by atoms with Crippen LogP contribution in [-0.4, -0.2) is 23.0 Å². The maximum Gasteiger partial charge on any atom is 0.329 e. The number of amides is 2. The standard InChI is InChI=1S/C13H11ClN4O2/c1-7-2-3-8-5-9(11(14)17-10(8)4-7)6-16-18-13(20)12(15)19/h2-6H,1H3,(H2,15,19)(H,18,20). The molecule has 102 valence electrons. The van der Waals surface area contributed by atoms with Gasteiger partial charge >= 0.3 is 11.8 Å². The molecule has 0 atom stereocenters. The number of aryl methyl sites for hydroxylation is 1. The molecule has 0 aliphatic carbocycles. The number of benzene rings is 1. The summed E-state index contributed by atoms with van der Waals surface area (Å²) < 4.78 is 0. The van der Waals surface area contributed by atoms with E-state index in [0.717, 1.165) is 16.5 Å². The van der Waals surface area contributed by atoms with Gasteiger partial charge in [-0.15, -0.1) is 0 Å². The van der Waals surface area contributed by atoms with Crippen molar-refractivity contribution in [2.45, 2.75) is 6.92 Å². The van der Waals surface area contributed by atoms with Crippen LogP contribution in [0.25, 0.3) is 10.9 Å². The maximum absolute atomic E-state index is 10.9. The number of nitrogens with zero attached hydrogens (tertiary/aromatic N) is 2. The number of hydrazone groups is 1. The van der Waals surface area contributed by atoms with Gasteiger partial charge < -0.3 is 5.73 Å². The van der Waals surface area contributed by atoms with Crippen LogP contribution in [-0.2, 0) is 9.59 Å². The maximum atomic E-state index is 10.9. The Morgan fingerprint density at radius 1 is 1.40 bits per heavy atom. The van der Waals surface area contributed by atoms with Gasteiger partial charge in [-0.1, -0.05) is 23.7 Å². The summed E-state index contributed by atoms with van der Waals surface area (Å²) in [6.45, 7) is 1.96. The lowest BCUT2D eigenvalue weighted by atomic mass is 10.1. The summed E-state index contributed by atoms with van der Waals surface area (Å²) in [4.78, 5) is 25.7. The topological polar surface area (TPSA) is 97.4 Å². The van der Waals surface area contributed by atoms with Crippen LogP contribution in [0.15, 0.2) is 29.4 Å². The second-order valence-electron chi connectivity index (χ2n) is 4.13. The fraction of sp³-hybridized carbons (Fsp3) is 0.0769. The van der Waals surface area contributed by atoms with Gasteiger partial charge in [0.05, 0.1) is 11.7 Å². The summed E-state index contributed by atoms with van der Waals surface area (Å²) in [6.07, 6.45) is 1.30. The Hall–Kier alpha value is -2.47. The molecule has 2 rings (SSSR count). The van der Waals surface area contributed by atoms with Crippen LogP contribution >= 0.6 is 11.6 Å². The van der Waals surface area contributed by atoms with E-state index in [-0.39, 0.29) is 5.15 Å². The summed E-state index contributed by atoms with van der Waals surface area (Å²) in [5, 5.41) is 4.74. The monoisotopic (exact) mass is 290 g/mol. The van der Waals surface area contributed by atoms with Gasteiger partial charge in [-0.3, -0.25) is 9.59 Å². The molecule has 20 heavy (non-hydrogen) atoms. The molecule has 0 aliphatic heterocycles. The molecule has 0 aliphatic rings. The molecule has 7 heteroatoms. The fourth-order valence-corrected chi connectivity index (χ4v) is 1.77. The number of primary amides is 1. The van der Waals surface area contributed by atoms with Gasteiger partial charge in [0.25, 0.3) is 0 Å². The van der Waals surface area contributed by atoms with Crippen molar-refractivity contribution in [2.24, 2.45) is 10.8 Å². The van der Waals surface area contributed by atoms with Gasteiger partial charge in [-0.05, 0) is 24.6 Å². The minimum absolute atomic E-state index is 0.250. The van der Waals surface area contributed by atoms with E-state index >= 15 is 0 Å². The molecule has 0 bridgehead atoms. The Labute approximate surface area is 119 Å². The van der Waals surface area contributed by atoms with Gasteiger partial charge in [-0.2, -0.15) is 5.10 Å². The van der Waals surface area contributed by atoms with Crippen LogP contribution in [0.4, 0.5) is 0 Å². The van der Waals surface area contributed by atoms with Crippen molar-refractivity contribution in [2.75, 3.05) is 0 Å². The number of pyridine rings is 1. The Balaban J connectivity index is 2.28. The minimum Gasteiger partial charge on any atom is -0.361 e. The number of rotatable bonds is 2. The third-order valence-corrected chi connectivity index (χ3v) is 2.85. The number of aromatic nitrogens is 1. The largest absolute Gasteiger partial charge is 0.361 e. The molecular formula is C13H11ClN4O2. The second kappa shape index (κ2) is 5.66. The zero-order valence-electron chi connectivity index (χ0n) is 10.6. The first-order chi connectivity index (χ1) is 9.47. The summed E-state index contributed by atoms with van der Waals surface area (Å²) in [7, 11) is 0. The molecule has 1 aromatic carbocycles. The predicted octanol–water partition coefficient (Wildman–Crippen LogP) is 1.13. The van der Waals surface area contributed by atoms with Crippen molar-refractivity contribution >= 4 is 40.5 Å². The van der Waals surface area contributed by atoms with Gasteiger partial charge in [0.2, 0.25) is 0 Å². The number of hydrogen-bond acceptors (Lipinski definition) is 4. The highest BCUT2D eigenvalue weighted by Gasteiger charge is 2.06. The molecule has 1 aromatic heterocycles. The Bertz CT molecular complexity index is 728. The molecule has 3 N–H and O–H groups in total. The van der Waals surface area contributed by atoms with E-state index in [9.17, 15) is 9.59 Å². The molecule has 0 radical (unpaired) electrons. The molecule has 0 unspecified atom stereocenters. The number of hydrogen-bond donors (Lipinski definition) is 2. The first-order valence-electron chi connectivity index (χ1n) is 5.67. The summed E-state index contributed by atoms with van der Waals surface area (Å²) in [5.41, 5.74) is 9.13. The molecular weight excluding hydrogens is 280 g/mol. The molecule has 0 saturated heterocycles. The van der Waals surface area contributed by atoms with Gasteiger partial charge in [-0.25, -0.2) is 10.4 Å². The Morgan fingerprint density at radius 3 is 2.85 bits per heavy atom. The third kappa shape index (κ3) is 3.10. The van der Waals surface area contributed by atoms with E-state index in [0.29, 0.717) is 5.56 Å². The predicted molar refractivity (Wildman–Crippen MR) is 76.4 cm³/mol. The molecule has 1 heterocycles. The quantitative estimate of drug-likeness (QED) is 0.375. The number of halogens is 1. The van der Waals surface area contributed by atoms with Crippen LogP contribution in [0, 0.1) is 6.92 Å². The lowest BCUT2D eigenvalue weighted by Gasteiger charge is -2.03. The average Bonchev–Trinajstić information content (AvgIpc) is 2.39. The first-order valence-corrected chi connectivity index (χ1v) is 6.05. The SMILES string of the molecule is Cc1ccc2cc(C=NNC(=O)C(N)=O)c(Cl)nc2c1. The van der Waals surface area contributed by atoms with Gasteiger partial charge in [0.15, 0.2) is 0 Å². The number of carbonyl (C=O) groups excluding carboxylic acids is 2. The molecule has 0 fully saturated rings. The van der Waals surface area contributed by atoms with E-state index in [1.807, 2.05) is 30.5 Å². The highest BCUT2D eigenvalue weighted by atomic mass is 35.5. The van der Waals surface area contributed by atoms with Gasteiger partial charge in [0, 0.05) is 10.9 Å². The van der Waals surface area contributed by atoms with E-state index in [4.69, 9.17) is 17.3 Å². The van der Waals surface area contributed by atoms with E-state index in [1.54, 1.807) is 6.07 Å². The van der Waals surface area contributed by atoms with Crippen LogP contribution in [0.1, 0.15) is 11.1 Å². The zero-order valence-corrected chi connectivity index (χ0v) is 11.3. The molecule has 2 amide bonds. The lowest BCUT2D eigenvalue weighted by Crippen LogP contribution is -2.32. The highest BCUT2D eigenvalue weighted by molar-refractivity contribution is 6.34. The van der Waals surface area contributed by atoms with Crippen molar-refractivity contribution in [3.8, 4) is 0 Å². The molecule has 0 spiro atoms. The van der Waals surface area contributed by atoms with Gasteiger partial charge in [0.1, 0.15) is 5.15 Å². The number of fused-ring (bicyclic) bond motifs is 1. The van der Waals surface area contributed by atoms with Crippen molar-refractivity contribution in [3.63, 3.8) is 0 Å². The molecule has 2 aromatic rings. The lowest BCUT2D eigenvalue weighted by molar-refractivity contribution is -0.137. The van der Waals surface area contributed by atoms with E-state index < -0.39 is 11.8 Å². The highest BCUT2D eigenvalue weighted by Crippen LogP contribution is 2.20. The van der Waals surface area contributed by atoms with Crippen molar-refractivity contribution in [1.29, 1.82) is 0 Å². The average molecular weight is 291 g/mol. The zero-order chi connectivity index (χ0) is 14.7. The van der Waals surface area contributed by atoms with E-state index in [2.05, 4.69) is 10.1 Å². The third-order valence-electron chi connectivity index (χ3n) is 2.55. The van der Waals surface area contributed by atoms with Crippen LogP contribution in [0.5, 0.6) is 0 Å². The number of nitrogens with two attached hydrogens (primary N) is 1. The van der Waals surface area contributed by atoms with Crippen molar-refractivity contribution in [3.05, 3.63) is 40.5 Å². The van der Waals surface area contributed by atoms with Crippen LogP contribution < -0.4 is 11.2 Å². The number of nitrogens with one attached hydrogen (secondary N) is 1. The molecule has 0 saturated carbocycles. The summed E-state index contributed by atoms with van der Waals surface area (Å²) >= 11 is 6.03. The number of carbonyl (C=O) groups is 2. The minimum atomic E-state index is -1.11. The second-order valence-corrected chi connectivity index (χ2v) is 4.49. The van der Waals surface area contributed by atoms with Crippen LogP contribution in [0.3, 0.4) is 0 Å². The van der Waals surface area contributed by atoms with Crippen molar-refractivity contribution < 1.29 is 9.59 Å². The molecule has 6 nitrogen and oxygen atoms in total. The Kier molecular flexibility index (Phi) is 3.95. The van der Waals surface area contributed by atoms with E-state index in [1.165, 1.54) is 6.21 Å². The smallest absolute Gasteiger partial charge is 0.329 e. The van der Waals surface area contributed by atoms with Crippen molar-refractivity contribution in [1.82, 2.24) is 10.4 Å².